The fraction of sp³-hybridized carbons (Fsp3) is 0.579. The number of H-pyrrole nitrogens is 1. The highest BCUT2D eigenvalue weighted by atomic mass is 16.4. The highest BCUT2D eigenvalue weighted by Gasteiger charge is 2.32. The predicted molar refractivity (Wildman–Crippen MR) is 103 cm³/mol. The molecule has 8 nitrogen and oxygen atoms in total. The molecule has 0 aliphatic carbocycles. The zero-order chi connectivity index (χ0) is 19.2. The number of piperazine rings is 1. The van der Waals surface area contributed by atoms with E-state index in [4.69, 9.17) is 0 Å². The van der Waals surface area contributed by atoms with Crippen molar-refractivity contribution in [2.75, 3.05) is 38.1 Å². The van der Waals surface area contributed by atoms with E-state index in [1.165, 1.54) is 5.69 Å². The summed E-state index contributed by atoms with van der Waals surface area (Å²) in [6, 6.07) is 8.39. The van der Waals surface area contributed by atoms with E-state index in [-0.39, 0.29) is 5.92 Å². The Bertz CT molecular complexity index is 728. The SMILES string of the molecule is CCCC(C(=O)O)C(Cc1cccc(N2CCN(C)CC2)c1)c1nn[nH]n1. The van der Waals surface area contributed by atoms with Crippen LogP contribution in [0.15, 0.2) is 24.3 Å². The Morgan fingerprint density at radius 1 is 1.30 bits per heavy atom. The number of aliphatic carboxylic acids is 1. The average Bonchev–Trinajstić information content (AvgIpc) is 3.20. The molecule has 146 valence electrons. The summed E-state index contributed by atoms with van der Waals surface area (Å²) in [7, 11) is 2.14. The second-order valence-corrected chi connectivity index (χ2v) is 7.27. The lowest BCUT2D eigenvalue weighted by atomic mass is 9.83. The van der Waals surface area contributed by atoms with E-state index < -0.39 is 11.9 Å². The highest BCUT2D eigenvalue weighted by Crippen LogP contribution is 2.31. The maximum absolute atomic E-state index is 11.9. The molecule has 2 atom stereocenters. The van der Waals surface area contributed by atoms with Crippen molar-refractivity contribution in [3.8, 4) is 0 Å². The second kappa shape index (κ2) is 8.94. The summed E-state index contributed by atoms with van der Waals surface area (Å²) in [4.78, 5) is 16.6. The minimum Gasteiger partial charge on any atom is -0.481 e. The lowest BCUT2D eigenvalue weighted by Gasteiger charge is -2.34. The van der Waals surface area contributed by atoms with E-state index in [1.807, 2.05) is 13.0 Å². The average molecular weight is 372 g/mol. The van der Waals surface area contributed by atoms with Gasteiger partial charge in [-0.3, -0.25) is 4.79 Å². The van der Waals surface area contributed by atoms with Crippen LogP contribution in [0.1, 0.15) is 37.1 Å². The van der Waals surface area contributed by atoms with E-state index in [0.717, 1.165) is 38.2 Å². The number of benzene rings is 1. The second-order valence-electron chi connectivity index (χ2n) is 7.27. The Balaban J connectivity index is 1.81. The standard InChI is InChI=1S/C19H28N6O2/c1-3-5-16(19(26)27)17(18-20-22-23-21-18)13-14-6-4-7-15(12-14)25-10-8-24(2)9-11-25/h4,6-7,12,16-17H,3,5,8-11,13H2,1-2H3,(H,26,27)(H,20,21,22,23). The van der Waals surface area contributed by atoms with E-state index >= 15 is 0 Å². The molecule has 2 aromatic rings. The molecule has 27 heavy (non-hydrogen) atoms. The molecule has 1 fully saturated rings. The largest absolute Gasteiger partial charge is 0.481 e. The first-order valence-corrected chi connectivity index (χ1v) is 9.57. The van der Waals surface area contributed by atoms with Crippen LogP contribution in [0.5, 0.6) is 0 Å². The maximum Gasteiger partial charge on any atom is 0.307 e. The number of anilines is 1. The number of tetrazole rings is 1. The molecule has 1 aliphatic heterocycles. The molecule has 0 saturated carbocycles. The summed E-state index contributed by atoms with van der Waals surface area (Å²) in [5, 5.41) is 24.0. The van der Waals surface area contributed by atoms with Gasteiger partial charge >= 0.3 is 5.97 Å². The normalized spacial score (nSPS) is 17.6. The van der Waals surface area contributed by atoms with Crippen LogP contribution in [0.25, 0.3) is 0 Å². The van der Waals surface area contributed by atoms with Crippen molar-refractivity contribution < 1.29 is 9.90 Å². The Morgan fingerprint density at radius 3 is 2.70 bits per heavy atom. The molecule has 8 heteroatoms. The quantitative estimate of drug-likeness (QED) is 0.729. The minimum atomic E-state index is -0.804. The predicted octanol–water partition coefficient (Wildman–Crippen LogP) is 1.78. The van der Waals surface area contributed by atoms with Crippen molar-refractivity contribution >= 4 is 11.7 Å². The number of carbonyl (C=O) groups is 1. The van der Waals surface area contributed by atoms with Gasteiger partial charge in [0.2, 0.25) is 0 Å². The van der Waals surface area contributed by atoms with Gasteiger partial charge in [0.25, 0.3) is 0 Å². The molecular formula is C19H28N6O2. The molecule has 1 aromatic heterocycles. The number of carboxylic acids is 1. The molecule has 2 N–H and O–H groups in total. The summed E-state index contributed by atoms with van der Waals surface area (Å²) in [5.41, 5.74) is 2.29. The molecule has 0 radical (unpaired) electrons. The Labute approximate surface area is 159 Å². The molecule has 0 spiro atoms. The highest BCUT2D eigenvalue weighted by molar-refractivity contribution is 5.71. The fourth-order valence-electron chi connectivity index (χ4n) is 3.75. The number of rotatable bonds is 8. The summed E-state index contributed by atoms with van der Waals surface area (Å²) in [5.74, 6) is -1.16. The van der Waals surface area contributed by atoms with Gasteiger partial charge in [0.15, 0.2) is 5.82 Å². The number of nitrogens with one attached hydrogen (secondary N) is 1. The third kappa shape index (κ3) is 4.82. The number of aromatic amines is 1. The molecule has 3 rings (SSSR count). The Kier molecular flexibility index (Phi) is 6.39. The van der Waals surface area contributed by atoms with Crippen molar-refractivity contribution in [3.05, 3.63) is 35.7 Å². The first kappa shape index (κ1) is 19.3. The van der Waals surface area contributed by atoms with Crippen LogP contribution in [-0.2, 0) is 11.2 Å². The lowest BCUT2D eigenvalue weighted by molar-refractivity contribution is -0.142. The molecule has 1 saturated heterocycles. The fourth-order valence-corrected chi connectivity index (χ4v) is 3.75. The summed E-state index contributed by atoms with van der Waals surface area (Å²) >= 11 is 0. The van der Waals surface area contributed by atoms with E-state index in [2.05, 4.69) is 55.7 Å². The third-order valence-electron chi connectivity index (χ3n) is 5.33. The number of aromatic nitrogens is 4. The lowest BCUT2D eigenvalue weighted by Crippen LogP contribution is -2.44. The number of carboxylic acid groups (broad SMARTS) is 1. The zero-order valence-electron chi connectivity index (χ0n) is 16.0. The van der Waals surface area contributed by atoms with Gasteiger partial charge in [-0.05, 0) is 37.6 Å². The van der Waals surface area contributed by atoms with Gasteiger partial charge < -0.3 is 14.9 Å². The zero-order valence-corrected chi connectivity index (χ0v) is 16.0. The molecule has 0 amide bonds. The van der Waals surface area contributed by atoms with Crippen LogP contribution in [0.4, 0.5) is 5.69 Å². The number of likely N-dealkylation sites (N-methyl/N-ethyl adjacent to an activating group) is 1. The van der Waals surface area contributed by atoms with Crippen molar-refractivity contribution in [1.82, 2.24) is 25.5 Å². The topological polar surface area (TPSA) is 98.2 Å². The summed E-state index contributed by atoms with van der Waals surface area (Å²) in [6.45, 7) is 6.10. The van der Waals surface area contributed by atoms with Crippen LogP contribution in [0.2, 0.25) is 0 Å². The van der Waals surface area contributed by atoms with Crippen LogP contribution < -0.4 is 4.90 Å². The van der Waals surface area contributed by atoms with E-state index in [0.29, 0.717) is 18.7 Å². The van der Waals surface area contributed by atoms with Gasteiger partial charge in [-0.2, -0.15) is 5.21 Å². The number of nitrogens with zero attached hydrogens (tertiary/aromatic N) is 5. The van der Waals surface area contributed by atoms with Gasteiger partial charge in [0.05, 0.1) is 5.92 Å². The van der Waals surface area contributed by atoms with Gasteiger partial charge in [0, 0.05) is 37.8 Å². The van der Waals surface area contributed by atoms with Crippen molar-refractivity contribution in [2.45, 2.75) is 32.1 Å². The summed E-state index contributed by atoms with van der Waals surface area (Å²) < 4.78 is 0. The van der Waals surface area contributed by atoms with E-state index in [1.54, 1.807) is 0 Å². The first-order chi connectivity index (χ1) is 13.1. The molecular weight excluding hydrogens is 344 g/mol. The van der Waals surface area contributed by atoms with Gasteiger partial charge in [-0.1, -0.05) is 30.7 Å². The molecule has 2 heterocycles. The molecule has 1 aliphatic rings. The number of hydrogen-bond acceptors (Lipinski definition) is 6. The van der Waals surface area contributed by atoms with Gasteiger partial charge in [0.1, 0.15) is 0 Å². The van der Waals surface area contributed by atoms with E-state index in [9.17, 15) is 9.90 Å². The Morgan fingerprint density at radius 2 is 2.07 bits per heavy atom. The van der Waals surface area contributed by atoms with Crippen LogP contribution in [-0.4, -0.2) is 69.8 Å². The smallest absolute Gasteiger partial charge is 0.307 e. The maximum atomic E-state index is 11.9. The molecule has 2 unspecified atom stereocenters. The summed E-state index contributed by atoms with van der Waals surface area (Å²) in [6.07, 6.45) is 1.97. The van der Waals surface area contributed by atoms with Crippen molar-refractivity contribution in [2.24, 2.45) is 5.92 Å². The van der Waals surface area contributed by atoms with Gasteiger partial charge in [-0.25, -0.2) is 0 Å². The van der Waals surface area contributed by atoms with Crippen LogP contribution >= 0.6 is 0 Å². The van der Waals surface area contributed by atoms with Crippen molar-refractivity contribution in [3.63, 3.8) is 0 Å². The van der Waals surface area contributed by atoms with Crippen LogP contribution in [0, 0.1) is 5.92 Å². The molecule has 0 bridgehead atoms. The monoisotopic (exact) mass is 372 g/mol. The molecule has 1 aromatic carbocycles. The van der Waals surface area contributed by atoms with Gasteiger partial charge in [-0.15, -0.1) is 10.2 Å². The first-order valence-electron chi connectivity index (χ1n) is 9.57. The van der Waals surface area contributed by atoms with Crippen LogP contribution in [0.3, 0.4) is 0 Å². The minimum absolute atomic E-state index is 0.302. The third-order valence-corrected chi connectivity index (χ3v) is 5.33. The number of hydrogen-bond donors (Lipinski definition) is 2. The Hall–Kier alpha value is -2.48. The van der Waals surface area contributed by atoms with Crippen molar-refractivity contribution in [1.29, 1.82) is 0 Å².